The molecule has 96 valence electrons. The number of likely N-dealkylation sites (N-methyl/N-ethyl adjacent to an activating group) is 1. The highest BCUT2D eigenvalue weighted by atomic mass is 79.9. The van der Waals surface area contributed by atoms with Crippen LogP contribution in [0.15, 0.2) is 28.7 Å². The largest absolute Gasteiger partial charge is 0.382 e. The van der Waals surface area contributed by atoms with Gasteiger partial charge in [0.2, 0.25) is 0 Å². The molecule has 0 amide bonds. The Labute approximate surface area is 112 Å². The summed E-state index contributed by atoms with van der Waals surface area (Å²) in [6.07, 6.45) is 0.969. The van der Waals surface area contributed by atoms with Crippen LogP contribution in [0.1, 0.15) is 5.56 Å². The summed E-state index contributed by atoms with van der Waals surface area (Å²) in [5, 5.41) is 3.26. The van der Waals surface area contributed by atoms with Gasteiger partial charge in [0.15, 0.2) is 0 Å². The Morgan fingerprint density at radius 3 is 2.53 bits per heavy atom. The van der Waals surface area contributed by atoms with Crippen LogP contribution in [0.3, 0.4) is 0 Å². The van der Waals surface area contributed by atoms with Crippen molar-refractivity contribution < 1.29 is 9.47 Å². The first kappa shape index (κ1) is 14.6. The zero-order chi connectivity index (χ0) is 12.5. The maximum absolute atomic E-state index is 5.53. The number of benzene rings is 1. The molecule has 1 aromatic rings. The number of hydrogen-bond donors (Lipinski definition) is 1. The molecule has 0 aliphatic heterocycles. The van der Waals surface area contributed by atoms with Crippen LogP contribution < -0.4 is 5.32 Å². The molecule has 0 aliphatic rings. The Bertz CT molecular complexity index is 303. The van der Waals surface area contributed by atoms with Gasteiger partial charge in [-0.1, -0.05) is 28.1 Å². The molecule has 1 atom stereocenters. The fraction of sp³-hybridized carbons (Fsp3) is 0.538. The van der Waals surface area contributed by atoms with Crippen LogP contribution in [0, 0.1) is 0 Å². The van der Waals surface area contributed by atoms with Crippen molar-refractivity contribution >= 4 is 15.9 Å². The molecule has 0 fully saturated rings. The van der Waals surface area contributed by atoms with E-state index in [9.17, 15) is 0 Å². The van der Waals surface area contributed by atoms with Crippen LogP contribution in [-0.2, 0) is 15.9 Å². The standard InChI is InChI=1S/C13H20BrNO2/c1-15-13(10-17-8-7-16-2)9-11-3-5-12(14)6-4-11/h3-6,13,15H,7-10H2,1-2H3. The van der Waals surface area contributed by atoms with E-state index in [4.69, 9.17) is 9.47 Å². The summed E-state index contributed by atoms with van der Waals surface area (Å²) in [6, 6.07) is 8.72. The maximum atomic E-state index is 5.53. The van der Waals surface area contributed by atoms with Crippen molar-refractivity contribution in [3.05, 3.63) is 34.3 Å². The fourth-order valence-electron chi connectivity index (χ4n) is 1.52. The second kappa shape index (κ2) is 8.64. The lowest BCUT2D eigenvalue weighted by atomic mass is 10.1. The zero-order valence-electron chi connectivity index (χ0n) is 10.4. The van der Waals surface area contributed by atoms with Gasteiger partial charge in [0.1, 0.15) is 0 Å². The monoisotopic (exact) mass is 301 g/mol. The number of ether oxygens (including phenoxy) is 2. The first-order chi connectivity index (χ1) is 8.26. The van der Waals surface area contributed by atoms with Gasteiger partial charge in [-0.2, -0.15) is 0 Å². The topological polar surface area (TPSA) is 30.5 Å². The molecule has 0 saturated carbocycles. The van der Waals surface area contributed by atoms with Gasteiger partial charge in [-0.05, 0) is 31.2 Å². The summed E-state index contributed by atoms with van der Waals surface area (Å²) in [5.41, 5.74) is 1.31. The van der Waals surface area contributed by atoms with Crippen LogP contribution in [0.4, 0.5) is 0 Å². The molecule has 1 N–H and O–H groups in total. The van der Waals surface area contributed by atoms with Crippen LogP contribution in [0.2, 0.25) is 0 Å². The van der Waals surface area contributed by atoms with E-state index >= 15 is 0 Å². The normalized spacial score (nSPS) is 12.6. The third-order valence-corrected chi connectivity index (χ3v) is 3.08. The Kier molecular flexibility index (Phi) is 7.44. The molecule has 17 heavy (non-hydrogen) atoms. The molecule has 1 aromatic carbocycles. The summed E-state index contributed by atoms with van der Waals surface area (Å²) in [4.78, 5) is 0. The molecule has 0 bridgehead atoms. The predicted octanol–water partition coefficient (Wildman–Crippen LogP) is 2.24. The Morgan fingerprint density at radius 1 is 1.24 bits per heavy atom. The second-order valence-electron chi connectivity index (χ2n) is 3.88. The fourth-order valence-corrected chi connectivity index (χ4v) is 1.78. The average molecular weight is 302 g/mol. The van der Waals surface area contributed by atoms with Crippen molar-refractivity contribution in [3.63, 3.8) is 0 Å². The molecule has 0 aliphatic carbocycles. The second-order valence-corrected chi connectivity index (χ2v) is 4.80. The van der Waals surface area contributed by atoms with Gasteiger partial charge in [-0.25, -0.2) is 0 Å². The average Bonchev–Trinajstić information content (AvgIpc) is 2.35. The molecule has 3 nitrogen and oxygen atoms in total. The molecule has 0 spiro atoms. The van der Waals surface area contributed by atoms with Gasteiger partial charge < -0.3 is 14.8 Å². The van der Waals surface area contributed by atoms with Crippen molar-refractivity contribution in [1.82, 2.24) is 5.32 Å². The summed E-state index contributed by atoms with van der Waals surface area (Å²) >= 11 is 3.43. The number of methoxy groups -OCH3 is 1. The van der Waals surface area contributed by atoms with Crippen LogP contribution in [0.25, 0.3) is 0 Å². The molecule has 0 saturated heterocycles. The van der Waals surface area contributed by atoms with E-state index in [0.29, 0.717) is 25.9 Å². The lowest BCUT2D eigenvalue weighted by Crippen LogP contribution is -2.33. The Morgan fingerprint density at radius 2 is 1.94 bits per heavy atom. The lowest BCUT2D eigenvalue weighted by molar-refractivity contribution is 0.0598. The number of rotatable bonds is 8. The van der Waals surface area contributed by atoms with Crippen molar-refractivity contribution in [2.45, 2.75) is 12.5 Å². The quantitative estimate of drug-likeness (QED) is 0.747. The van der Waals surface area contributed by atoms with Gasteiger partial charge in [-0.3, -0.25) is 0 Å². The van der Waals surface area contributed by atoms with E-state index in [0.717, 1.165) is 10.9 Å². The van der Waals surface area contributed by atoms with Crippen molar-refractivity contribution in [3.8, 4) is 0 Å². The smallest absolute Gasteiger partial charge is 0.0701 e. The summed E-state index contributed by atoms with van der Waals surface area (Å²) in [7, 11) is 3.64. The Hall–Kier alpha value is -0.420. The maximum Gasteiger partial charge on any atom is 0.0701 e. The SMILES string of the molecule is CNC(COCCOC)Cc1ccc(Br)cc1. The van der Waals surface area contributed by atoms with Crippen LogP contribution in [-0.4, -0.2) is 40.0 Å². The molecular weight excluding hydrogens is 282 g/mol. The molecular formula is C13H20BrNO2. The van der Waals surface area contributed by atoms with E-state index in [1.54, 1.807) is 7.11 Å². The zero-order valence-corrected chi connectivity index (χ0v) is 12.0. The highest BCUT2D eigenvalue weighted by Gasteiger charge is 2.07. The summed E-state index contributed by atoms with van der Waals surface area (Å²) in [6.45, 7) is 2.00. The molecule has 0 radical (unpaired) electrons. The minimum atomic E-state index is 0.341. The van der Waals surface area contributed by atoms with Gasteiger partial charge in [0.05, 0.1) is 19.8 Å². The van der Waals surface area contributed by atoms with Gasteiger partial charge in [0.25, 0.3) is 0 Å². The third kappa shape index (κ3) is 6.17. The summed E-state index contributed by atoms with van der Waals surface area (Å²) < 4.78 is 11.6. The van der Waals surface area contributed by atoms with E-state index in [1.807, 2.05) is 7.05 Å². The summed E-state index contributed by atoms with van der Waals surface area (Å²) in [5.74, 6) is 0. The minimum Gasteiger partial charge on any atom is -0.382 e. The van der Waals surface area contributed by atoms with E-state index in [-0.39, 0.29) is 0 Å². The van der Waals surface area contributed by atoms with Crippen molar-refractivity contribution in [1.29, 1.82) is 0 Å². The molecule has 1 rings (SSSR count). The van der Waals surface area contributed by atoms with E-state index in [1.165, 1.54) is 5.56 Å². The lowest BCUT2D eigenvalue weighted by Gasteiger charge is -2.16. The van der Waals surface area contributed by atoms with Gasteiger partial charge in [-0.15, -0.1) is 0 Å². The first-order valence-electron chi connectivity index (χ1n) is 5.74. The molecule has 4 heteroatoms. The minimum absolute atomic E-state index is 0.341. The molecule has 0 aromatic heterocycles. The number of halogens is 1. The number of nitrogens with one attached hydrogen (secondary N) is 1. The van der Waals surface area contributed by atoms with Crippen molar-refractivity contribution in [2.24, 2.45) is 0 Å². The highest BCUT2D eigenvalue weighted by molar-refractivity contribution is 9.10. The molecule has 1 unspecified atom stereocenters. The van der Waals surface area contributed by atoms with Crippen LogP contribution >= 0.6 is 15.9 Å². The highest BCUT2D eigenvalue weighted by Crippen LogP contribution is 2.12. The predicted molar refractivity (Wildman–Crippen MR) is 73.4 cm³/mol. The molecule has 0 heterocycles. The first-order valence-corrected chi connectivity index (χ1v) is 6.54. The number of hydrogen-bond acceptors (Lipinski definition) is 3. The third-order valence-electron chi connectivity index (χ3n) is 2.55. The van der Waals surface area contributed by atoms with Gasteiger partial charge in [0, 0.05) is 17.6 Å². The van der Waals surface area contributed by atoms with Crippen LogP contribution in [0.5, 0.6) is 0 Å². The van der Waals surface area contributed by atoms with Gasteiger partial charge >= 0.3 is 0 Å². The van der Waals surface area contributed by atoms with E-state index < -0.39 is 0 Å². The Balaban J connectivity index is 2.33. The van der Waals surface area contributed by atoms with E-state index in [2.05, 4.69) is 45.5 Å². The van der Waals surface area contributed by atoms with Crippen molar-refractivity contribution in [2.75, 3.05) is 34.0 Å².